The van der Waals surface area contributed by atoms with E-state index in [9.17, 15) is 17.6 Å². The number of thiophene rings is 1. The van der Waals surface area contributed by atoms with Crippen LogP contribution >= 0.6 is 27.3 Å². The van der Waals surface area contributed by atoms with Gasteiger partial charge in [-0.15, -0.1) is 11.3 Å². The molecule has 0 aliphatic rings. The zero-order valence-corrected chi connectivity index (χ0v) is 13.0. The first-order valence-electron chi connectivity index (χ1n) is 5.16. The number of benzene rings is 1. The molecule has 1 amide bonds. The monoisotopic (exact) mass is 378 g/mol. The molecule has 0 unspecified atom stereocenters. The Morgan fingerprint density at radius 1 is 1.30 bits per heavy atom. The van der Waals surface area contributed by atoms with Crippen molar-refractivity contribution < 1.29 is 17.6 Å². The van der Waals surface area contributed by atoms with Crippen molar-refractivity contribution >= 4 is 48.9 Å². The van der Waals surface area contributed by atoms with Crippen LogP contribution in [0.15, 0.2) is 39.0 Å². The fraction of sp³-hybridized carbons (Fsp3) is 0. The van der Waals surface area contributed by atoms with Crippen LogP contribution in [0, 0.1) is 5.82 Å². The van der Waals surface area contributed by atoms with Gasteiger partial charge in [0.1, 0.15) is 10.7 Å². The molecule has 106 valence electrons. The van der Waals surface area contributed by atoms with Gasteiger partial charge < -0.3 is 5.32 Å². The Balaban J connectivity index is 2.38. The van der Waals surface area contributed by atoms with Gasteiger partial charge in [-0.2, -0.15) is 0 Å². The highest BCUT2D eigenvalue weighted by Crippen LogP contribution is 2.25. The second-order valence-electron chi connectivity index (χ2n) is 3.74. The topological polar surface area (TPSA) is 89.3 Å². The third-order valence-corrected chi connectivity index (χ3v) is 4.88. The zero-order chi connectivity index (χ0) is 14.9. The first kappa shape index (κ1) is 15.1. The third-order valence-electron chi connectivity index (χ3n) is 2.29. The molecule has 1 aromatic heterocycles. The van der Waals surface area contributed by atoms with Crippen LogP contribution in [0.25, 0.3) is 0 Å². The van der Waals surface area contributed by atoms with Crippen LogP contribution in [-0.4, -0.2) is 14.3 Å². The van der Waals surface area contributed by atoms with Crippen LogP contribution < -0.4 is 10.5 Å². The van der Waals surface area contributed by atoms with Gasteiger partial charge in [0.25, 0.3) is 5.91 Å². The van der Waals surface area contributed by atoms with Crippen molar-refractivity contribution in [3.8, 4) is 0 Å². The molecule has 0 atom stereocenters. The van der Waals surface area contributed by atoms with Crippen LogP contribution in [0.5, 0.6) is 0 Å². The molecule has 20 heavy (non-hydrogen) atoms. The quantitative estimate of drug-likeness (QED) is 0.859. The van der Waals surface area contributed by atoms with E-state index in [2.05, 4.69) is 21.2 Å². The zero-order valence-electron chi connectivity index (χ0n) is 9.76. The van der Waals surface area contributed by atoms with Gasteiger partial charge in [-0.05, 0) is 46.3 Å². The van der Waals surface area contributed by atoms with E-state index in [-0.39, 0.29) is 10.6 Å². The molecule has 0 aliphatic carbocycles. The maximum atomic E-state index is 13.2. The molecule has 2 aromatic rings. The summed E-state index contributed by atoms with van der Waals surface area (Å²) in [5.74, 6) is -1.23. The van der Waals surface area contributed by atoms with Crippen molar-refractivity contribution in [3.05, 3.63) is 44.8 Å². The Bertz CT molecular complexity index is 774. The number of hydrogen-bond acceptors (Lipinski definition) is 4. The summed E-state index contributed by atoms with van der Waals surface area (Å²) in [4.78, 5) is 11.9. The van der Waals surface area contributed by atoms with Crippen molar-refractivity contribution in [3.63, 3.8) is 0 Å². The molecule has 2 rings (SSSR count). The molecule has 9 heteroatoms. The highest BCUT2D eigenvalue weighted by Gasteiger charge is 2.18. The highest BCUT2D eigenvalue weighted by molar-refractivity contribution is 9.11. The van der Waals surface area contributed by atoms with E-state index in [1.54, 1.807) is 12.1 Å². The smallest absolute Gasteiger partial charge is 0.265 e. The van der Waals surface area contributed by atoms with Crippen LogP contribution in [0.1, 0.15) is 9.67 Å². The van der Waals surface area contributed by atoms with E-state index >= 15 is 0 Å². The summed E-state index contributed by atoms with van der Waals surface area (Å²) in [7, 11) is -4.06. The van der Waals surface area contributed by atoms with E-state index in [0.29, 0.717) is 4.88 Å². The summed E-state index contributed by atoms with van der Waals surface area (Å²) in [6.07, 6.45) is 0. The van der Waals surface area contributed by atoms with Crippen LogP contribution in [-0.2, 0) is 10.0 Å². The summed E-state index contributed by atoms with van der Waals surface area (Å²) in [6, 6.07) is 6.09. The largest absolute Gasteiger partial charge is 0.320 e. The molecular formula is C11H8BrFN2O3S2. The number of carbonyl (C=O) groups excluding carboxylic acids is 1. The minimum Gasteiger partial charge on any atom is -0.320 e. The second kappa shape index (κ2) is 5.60. The molecule has 0 saturated carbocycles. The summed E-state index contributed by atoms with van der Waals surface area (Å²) in [5.41, 5.74) is -0.193. The van der Waals surface area contributed by atoms with Crippen molar-refractivity contribution in [1.82, 2.24) is 0 Å². The normalized spacial score (nSPS) is 11.3. The van der Waals surface area contributed by atoms with Gasteiger partial charge in [0.2, 0.25) is 10.0 Å². The van der Waals surface area contributed by atoms with Gasteiger partial charge in [0, 0.05) is 0 Å². The third kappa shape index (κ3) is 3.42. The molecule has 1 heterocycles. The first-order chi connectivity index (χ1) is 9.27. The van der Waals surface area contributed by atoms with Crippen molar-refractivity contribution in [2.24, 2.45) is 5.14 Å². The number of sulfonamides is 1. The molecule has 0 bridgehead atoms. The van der Waals surface area contributed by atoms with Gasteiger partial charge in [0.05, 0.1) is 14.4 Å². The van der Waals surface area contributed by atoms with E-state index in [1.165, 1.54) is 0 Å². The lowest BCUT2D eigenvalue weighted by molar-refractivity contribution is 0.103. The standard InChI is InChI=1S/C11H8BrFN2O3S2/c12-10-4-2-8(19-10)11(16)15-7-5-6(13)1-3-9(7)20(14,17)18/h1-5H,(H,15,16)(H2,14,17,18). The number of amides is 1. The number of anilines is 1. The Labute approximate surface area is 126 Å². The lowest BCUT2D eigenvalue weighted by atomic mass is 10.3. The van der Waals surface area contributed by atoms with Gasteiger partial charge in [-0.1, -0.05) is 0 Å². The minimum atomic E-state index is -4.06. The molecule has 0 radical (unpaired) electrons. The number of carbonyl (C=O) groups is 1. The van der Waals surface area contributed by atoms with E-state index in [4.69, 9.17) is 5.14 Å². The average molecular weight is 379 g/mol. The number of hydrogen-bond donors (Lipinski definition) is 2. The van der Waals surface area contributed by atoms with Gasteiger partial charge >= 0.3 is 0 Å². The highest BCUT2D eigenvalue weighted by atomic mass is 79.9. The predicted octanol–water partition coefficient (Wildman–Crippen LogP) is 2.55. The van der Waals surface area contributed by atoms with Gasteiger partial charge in [-0.3, -0.25) is 4.79 Å². The van der Waals surface area contributed by atoms with E-state index < -0.39 is 21.7 Å². The predicted molar refractivity (Wildman–Crippen MR) is 77.7 cm³/mol. The Kier molecular flexibility index (Phi) is 4.23. The minimum absolute atomic E-state index is 0.193. The van der Waals surface area contributed by atoms with Gasteiger partial charge in [0.15, 0.2) is 0 Å². The molecule has 0 aliphatic heterocycles. The molecule has 5 nitrogen and oxygen atoms in total. The van der Waals surface area contributed by atoms with Crippen molar-refractivity contribution in [2.75, 3.05) is 5.32 Å². The maximum Gasteiger partial charge on any atom is 0.265 e. The van der Waals surface area contributed by atoms with Crippen LogP contribution in [0.2, 0.25) is 0 Å². The first-order valence-corrected chi connectivity index (χ1v) is 8.32. The number of nitrogens with two attached hydrogens (primary N) is 1. The average Bonchev–Trinajstić information content (AvgIpc) is 2.74. The van der Waals surface area contributed by atoms with Crippen LogP contribution in [0.4, 0.5) is 10.1 Å². The molecule has 3 N–H and O–H groups in total. The Hall–Kier alpha value is -1.29. The van der Waals surface area contributed by atoms with E-state index in [0.717, 1.165) is 33.3 Å². The number of rotatable bonds is 3. The Morgan fingerprint density at radius 2 is 2.00 bits per heavy atom. The summed E-state index contributed by atoms with van der Waals surface area (Å²) >= 11 is 4.37. The van der Waals surface area contributed by atoms with Crippen molar-refractivity contribution in [1.29, 1.82) is 0 Å². The lowest BCUT2D eigenvalue weighted by Gasteiger charge is -2.08. The number of halogens is 2. The molecule has 1 aromatic carbocycles. The lowest BCUT2D eigenvalue weighted by Crippen LogP contribution is -2.18. The Morgan fingerprint density at radius 3 is 2.55 bits per heavy atom. The fourth-order valence-corrected chi connectivity index (χ4v) is 3.42. The maximum absolute atomic E-state index is 13.2. The number of nitrogens with one attached hydrogen (secondary N) is 1. The summed E-state index contributed by atoms with van der Waals surface area (Å²) < 4.78 is 36.7. The summed E-state index contributed by atoms with van der Waals surface area (Å²) in [5, 5.41) is 7.36. The molecule has 0 spiro atoms. The second-order valence-corrected chi connectivity index (χ2v) is 7.74. The molecular weight excluding hydrogens is 371 g/mol. The molecule has 0 saturated heterocycles. The van der Waals surface area contributed by atoms with E-state index in [1.807, 2.05) is 0 Å². The molecule has 0 fully saturated rings. The van der Waals surface area contributed by atoms with Crippen molar-refractivity contribution in [2.45, 2.75) is 4.90 Å². The van der Waals surface area contributed by atoms with Crippen LogP contribution in [0.3, 0.4) is 0 Å². The SMILES string of the molecule is NS(=O)(=O)c1ccc(F)cc1NC(=O)c1ccc(Br)s1. The van der Waals surface area contributed by atoms with Gasteiger partial charge in [-0.25, -0.2) is 17.9 Å². The fourth-order valence-electron chi connectivity index (χ4n) is 1.47. The number of primary sulfonamides is 1. The summed E-state index contributed by atoms with van der Waals surface area (Å²) in [6.45, 7) is 0.